The molecule has 0 spiro atoms. The Bertz CT molecular complexity index is 606. The van der Waals surface area contributed by atoms with Crippen LogP contribution in [-0.2, 0) is 4.79 Å². The Morgan fingerprint density at radius 3 is 2.70 bits per heavy atom. The van der Waals surface area contributed by atoms with Gasteiger partial charge < -0.3 is 14.7 Å². The van der Waals surface area contributed by atoms with Crippen molar-refractivity contribution in [3.05, 3.63) is 23.9 Å². The molecule has 1 aromatic rings. The lowest BCUT2D eigenvalue weighted by atomic mass is 9.99. The number of halogens is 3. The van der Waals surface area contributed by atoms with Gasteiger partial charge in [-0.3, -0.25) is 9.59 Å². The molecule has 1 N–H and O–H groups in total. The highest BCUT2D eigenvalue weighted by Crippen LogP contribution is 2.27. The summed E-state index contributed by atoms with van der Waals surface area (Å²) >= 11 is 0. The van der Waals surface area contributed by atoms with Crippen LogP contribution in [0.3, 0.4) is 0 Å². The van der Waals surface area contributed by atoms with Gasteiger partial charge in [0.15, 0.2) is 6.61 Å². The first-order chi connectivity index (χ1) is 10.7. The van der Waals surface area contributed by atoms with Gasteiger partial charge in [0.1, 0.15) is 5.56 Å². The lowest BCUT2D eigenvalue weighted by Crippen LogP contribution is -2.31. The number of hydrogen-bond donors (Lipinski definition) is 1. The standard InChI is InChI=1S/C14H15F3N2O4/c1-8-5-19(6-10(8)13(21)22)12(20)9-3-2-4-18-11(9)23-7-14(15,16)17/h2-4,8,10H,5-7H2,1H3,(H,21,22)/t8-,10-/m1/s1. The van der Waals surface area contributed by atoms with Crippen LogP contribution >= 0.6 is 0 Å². The van der Waals surface area contributed by atoms with E-state index in [4.69, 9.17) is 5.11 Å². The Labute approximate surface area is 129 Å². The highest BCUT2D eigenvalue weighted by Gasteiger charge is 2.38. The van der Waals surface area contributed by atoms with Gasteiger partial charge in [0, 0.05) is 19.3 Å². The molecule has 0 unspecified atom stereocenters. The molecule has 1 amide bonds. The highest BCUT2D eigenvalue weighted by molar-refractivity contribution is 5.96. The van der Waals surface area contributed by atoms with Crippen molar-refractivity contribution in [2.45, 2.75) is 13.1 Å². The first-order valence-electron chi connectivity index (χ1n) is 6.85. The minimum atomic E-state index is -4.55. The fourth-order valence-electron chi connectivity index (χ4n) is 2.44. The van der Waals surface area contributed by atoms with E-state index < -0.39 is 36.5 Å². The number of carbonyl (C=O) groups excluding carboxylic acids is 1. The summed E-state index contributed by atoms with van der Waals surface area (Å²) in [6.45, 7) is 0.362. The van der Waals surface area contributed by atoms with Crippen LogP contribution in [0.4, 0.5) is 13.2 Å². The molecule has 1 aliphatic heterocycles. The summed E-state index contributed by atoms with van der Waals surface area (Å²) in [6, 6.07) is 2.71. The van der Waals surface area contributed by atoms with E-state index in [1.165, 1.54) is 23.2 Å². The minimum absolute atomic E-state index is 0.00292. The van der Waals surface area contributed by atoms with Crippen molar-refractivity contribution in [1.82, 2.24) is 9.88 Å². The Balaban J connectivity index is 2.15. The molecule has 1 fully saturated rings. The topological polar surface area (TPSA) is 79.7 Å². The van der Waals surface area contributed by atoms with Gasteiger partial charge in [0.25, 0.3) is 5.91 Å². The Morgan fingerprint density at radius 2 is 2.13 bits per heavy atom. The van der Waals surface area contributed by atoms with E-state index in [0.717, 1.165) is 0 Å². The maximum Gasteiger partial charge on any atom is 0.422 e. The summed E-state index contributed by atoms with van der Waals surface area (Å²) in [5.41, 5.74) is -0.116. The molecule has 0 bridgehead atoms. The van der Waals surface area contributed by atoms with Crippen molar-refractivity contribution in [2.75, 3.05) is 19.7 Å². The number of nitrogens with zero attached hydrogens (tertiary/aromatic N) is 2. The zero-order valence-corrected chi connectivity index (χ0v) is 12.2. The third-order valence-electron chi connectivity index (χ3n) is 3.59. The van der Waals surface area contributed by atoms with Crippen molar-refractivity contribution >= 4 is 11.9 Å². The predicted molar refractivity (Wildman–Crippen MR) is 72.0 cm³/mol. The maximum atomic E-state index is 12.4. The van der Waals surface area contributed by atoms with Crippen LogP contribution in [0.25, 0.3) is 0 Å². The molecule has 23 heavy (non-hydrogen) atoms. The molecule has 6 nitrogen and oxygen atoms in total. The van der Waals surface area contributed by atoms with Crippen molar-refractivity contribution in [3.63, 3.8) is 0 Å². The van der Waals surface area contributed by atoms with Gasteiger partial charge in [0.05, 0.1) is 5.92 Å². The van der Waals surface area contributed by atoms with E-state index in [-0.39, 0.29) is 24.6 Å². The molecule has 1 aromatic heterocycles. The van der Waals surface area contributed by atoms with E-state index in [1.54, 1.807) is 6.92 Å². The van der Waals surface area contributed by atoms with Gasteiger partial charge in [0.2, 0.25) is 5.88 Å². The molecule has 0 aliphatic carbocycles. The van der Waals surface area contributed by atoms with Crippen molar-refractivity contribution in [3.8, 4) is 5.88 Å². The molecule has 1 aliphatic rings. The summed E-state index contributed by atoms with van der Waals surface area (Å²) in [5, 5.41) is 9.08. The SMILES string of the molecule is C[C@@H]1CN(C(=O)c2cccnc2OCC(F)(F)F)C[C@H]1C(=O)O. The van der Waals surface area contributed by atoms with Gasteiger partial charge in [-0.15, -0.1) is 0 Å². The molecular formula is C14H15F3N2O4. The van der Waals surface area contributed by atoms with Gasteiger partial charge in [-0.25, -0.2) is 4.98 Å². The van der Waals surface area contributed by atoms with Gasteiger partial charge in [-0.1, -0.05) is 6.92 Å². The normalized spacial score (nSPS) is 21.3. The average Bonchev–Trinajstić information content (AvgIpc) is 2.86. The van der Waals surface area contributed by atoms with Gasteiger partial charge in [-0.2, -0.15) is 13.2 Å². The zero-order valence-electron chi connectivity index (χ0n) is 12.2. The number of aromatic nitrogens is 1. The number of carboxylic acid groups (broad SMARTS) is 1. The molecule has 2 rings (SSSR count). The van der Waals surface area contributed by atoms with E-state index in [2.05, 4.69) is 9.72 Å². The molecule has 0 aromatic carbocycles. The average molecular weight is 332 g/mol. The number of hydrogen-bond acceptors (Lipinski definition) is 4. The van der Waals surface area contributed by atoms with Crippen LogP contribution < -0.4 is 4.74 Å². The molecule has 2 heterocycles. The van der Waals surface area contributed by atoms with Crippen LogP contribution in [-0.4, -0.2) is 52.7 Å². The number of alkyl halides is 3. The van der Waals surface area contributed by atoms with Gasteiger partial charge in [-0.05, 0) is 18.1 Å². The molecule has 9 heteroatoms. The minimum Gasteiger partial charge on any atom is -0.481 e. The van der Waals surface area contributed by atoms with E-state index in [0.29, 0.717) is 0 Å². The lowest BCUT2D eigenvalue weighted by Gasteiger charge is -2.18. The van der Waals surface area contributed by atoms with Crippen molar-refractivity contribution < 1.29 is 32.6 Å². The second-order valence-corrected chi connectivity index (χ2v) is 5.39. The smallest absolute Gasteiger partial charge is 0.422 e. The number of likely N-dealkylation sites (tertiary alicyclic amines) is 1. The number of ether oxygens (including phenoxy) is 1. The van der Waals surface area contributed by atoms with Gasteiger partial charge >= 0.3 is 12.1 Å². The largest absolute Gasteiger partial charge is 0.481 e. The summed E-state index contributed by atoms with van der Waals surface area (Å²) in [4.78, 5) is 28.5. The maximum absolute atomic E-state index is 12.4. The van der Waals surface area contributed by atoms with Crippen LogP contribution in [0, 0.1) is 11.8 Å². The van der Waals surface area contributed by atoms with Crippen molar-refractivity contribution in [1.29, 1.82) is 0 Å². The van der Waals surface area contributed by atoms with E-state index in [9.17, 15) is 22.8 Å². The first-order valence-corrected chi connectivity index (χ1v) is 6.85. The molecule has 0 radical (unpaired) electrons. The summed E-state index contributed by atoms with van der Waals surface area (Å²) in [5.74, 6) is -2.96. The Kier molecular flexibility index (Phi) is 4.76. The summed E-state index contributed by atoms with van der Waals surface area (Å²) in [7, 11) is 0. The lowest BCUT2D eigenvalue weighted by molar-refractivity contribution is -0.154. The number of aliphatic carboxylic acids is 1. The molecule has 1 saturated heterocycles. The van der Waals surface area contributed by atoms with Crippen LogP contribution in [0.5, 0.6) is 5.88 Å². The van der Waals surface area contributed by atoms with Crippen molar-refractivity contribution in [2.24, 2.45) is 11.8 Å². The fraction of sp³-hybridized carbons (Fsp3) is 0.500. The molecular weight excluding hydrogens is 317 g/mol. The quantitative estimate of drug-likeness (QED) is 0.910. The number of amides is 1. The number of rotatable bonds is 4. The highest BCUT2D eigenvalue weighted by atomic mass is 19.4. The molecule has 126 valence electrons. The van der Waals surface area contributed by atoms with Crippen LogP contribution in [0.15, 0.2) is 18.3 Å². The Morgan fingerprint density at radius 1 is 1.43 bits per heavy atom. The van der Waals surface area contributed by atoms with Crippen LogP contribution in [0.2, 0.25) is 0 Å². The summed E-state index contributed by atoms with van der Waals surface area (Å²) < 4.78 is 41.3. The third-order valence-corrected chi connectivity index (χ3v) is 3.59. The van der Waals surface area contributed by atoms with Crippen LogP contribution in [0.1, 0.15) is 17.3 Å². The predicted octanol–water partition coefficient (Wildman–Crippen LogP) is 1.82. The molecule has 2 atom stereocenters. The van der Waals surface area contributed by atoms with E-state index >= 15 is 0 Å². The second-order valence-electron chi connectivity index (χ2n) is 5.39. The summed E-state index contributed by atoms with van der Waals surface area (Å²) in [6.07, 6.45) is -3.33. The monoisotopic (exact) mass is 332 g/mol. The Hall–Kier alpha value is -2.32. The second kappa shape index (κ2) is 6.43. The number of carbonyl (C=O) groups is 2. The zero-order chi connectivity index (χ0) is 17.2. The first kappa shape index (κ1) is 17.0. The third kappa shape index (κ3) is 4.11. The number of pyridine rings is 1. The fourth-order valence-corrected chi connectivity index (χ4v) is 2.44. The molecule has 0 saturated carbocycles. The number of carboxylic acids is 1. The van der Waals surface area contributed by atoms with E-state index in [1.807, 2.05) is 0 Å².